The van der Waals surface area contributed by atoms with Crippen molar-refractivity contribution in [2.24, 2.45) is 0 Å². The summed E-state index contributed by atoms with van der Waals surface area (Å²) in [5, 5.41) is 5.99. The molecular formula is C12H16FIN2O. The van der Waals surface area contributed by atoms with Gasteiger partial charge in [-0.15, -0.1) is 0 Å². The van der Waals surface area contributed by atoms with Crippen molar-refractivity contribution >= 4 is 28.5 Å². The number of nitrogens with one attached hydrogen (secondary N) is 2. The van der Waals surface area contributed by atoms with Crippen LogP contribution in [0.2, 0.25) is 0 Å². The molecular weight excluding hydrogens is 334 g/mol. The summed E-state index contributed by atoms with van der Waals surface area (Å²) in [4.78, 5) is 11.8. The highest BCUT2D eigenvalue weighted by atomic mass is 127. The van der Waals surface area contributed by atoms with Gasteiger partial charge in [0.2, 0.25) is 0 Å². The van der Waals surface area contributed by atoms with Gasteiger partial charge in [0.25, 0.3) is 5.91 Å². The Morgan fingerprint density at radius 2 is 2.18 bits per heavy atom. The van der Waals surface area contributed by atoms with Gasteiger partial charge in [-0.25, -0.2) is 4.39 Å². The summed E-state index contributed by atoms with van der Waals surface area (Å²) in [5.41, 5.74) is 0.524. The summed E-state index contributed by atoms with van der Waals surface area (Å²) in [6.45, 7) is 4.49. The number of halogens is 2. The van der Waals surface area contributed by atoms with Crippen LogP contribution >= 0.6 is 22.6 Å². The molecule has 0 aliphatic heterocycles. The second kappa shape index (κ2) is 7.60. The topological polar surface area (TPSA) is 41.1 Å². The average molecular weight is 350 g/mol. The molecule has 0 aromatic heterocycles. The van der Waals surface area contributed by atoms with Crippen LogP contribution < -0.4 is 10.6 Å². The van der Waals surface area contributed by atoms with Gasteiger partial charge in [-0.05, 0) is 60.3 Å². The van der Waals surface area contributed by atoms with E-state index in [-0.39, 0.29) is 11.7 Å². The second-order valence-corrected chi connectivity index (χ2v) is 4.75. The lowest BCUT2D eigenvalue weighted by molar-refractivity contribution is 0.0952. The second-order valence-electron chi connectivity index (χ2n) is 3.59. The molecule has 0 aliphatic carbocycles. The van der Waals surface area contributed by atoms with Gasteiger partial charge in [-0.3, -0.25) is 4.79 Å². The monoisotopic (exact) mass is 350 g/mol. The third-order valence-electron chi connectivity index (χ3n) is 2.24. The normalized spacial score (nSPS) is 10.3. The fourth-order valence-corrected chi connectivity index (χ4v) is 2.08. The number of carbonyl (C=O) groups is 1. The maximum Gasteiger partial charge on any atom is 0.252 e. The Kier molecular flexibility index (Phi) is 6.43. The maximum absolute atomic E-state index is 12.9. The highest BCUT2D eigenvalue weighted by molar-refractivity contribution is 14.1. The number of carbonyl (C=O) groups excluding carboxylic acids is 1. The Morgan fingerprint density at radius 3 is 2.82 bits per heavy atom. The molecule has 2 N–H and O–H groups in total. The molecule has 0 spiro atoms. The van der Waals surface area contributed by atoms with Gasteiger partial charge in [0.05, 0.1) is 5.56 Å². The molecule has 0 radical (unpaired) electrons. The van der Waals surface area contributed by atoms with Crippen LogP contribution in [0.4, 0.5) is 4.39 Å². The van der Waals surface area contributed by atoms with E-state index in [0.717, 1.165) is 19.5 Å². The van der Waals surface area contributed by atoms with Crippen molar-refractivity contribution < 1.29 is 9.18 Å². The van der Waals surface area contributed by atoms with Crippen LogP contribution in [0, 0.1) is 9.39 Å². The molecule has 0 atom stereocenters. The Morgan fingerprint density at radius 1 is 1.41 bits per heavy atom. The van der Waals surface area contributed by atoms with Gasteiger partial charge in [0.15, 0.2) is 0 Å². The third-order valence-corrected chi connectivity index (χ3v) is 3.13. The molecule has 0 bridgehead atoms. The first-order valence-corrected chi connectivity index (χ1v) is 6.67. The molecule has 1 rings (SSSR count). The van der Waals surface area contributed by atoms with E-state index in [9.17, 15) is 9.18 Å². The lowest BCUT2D eigenvalue weighted by atomic mass is 10.2. The van der Waals surface area contributed by atoms with Gasteiger partial charge in [-0.1, -0.05) is 6.92 Å². The van der Waals surface area contributed by atoms with Gasteiger partial charge in [0.1, 0.15) is 5.82 Å². The van der Waals surface area contributed by atoms with E-state index in [0.29, 0.717) is 15.7 Å². The third kappa shape index (κ3) is 4.99. The molecule has 1 amide bonds. The molecule has 0 heterocycles. The zero-order chi connectivity index (χ0) is 12.7. The Bertz CT molecular complexity index is 385. The highest BCUT2D eigenvalue weighted by Gasteiger charge is 2.09. The van der Waals surface area contributed by atoms with Crippen molar-refractivity contribution in [3.63, 3.8) is 0 Å². The SMILES string of the molecule is CCNCCCNC(=O)c1ccc(F)cc1I. The molecule has 0 saturated heterocycles. The predicted octanol–water partition coefficient (Wildman–Crippen LogP) is 2.16. The summed E-state index contributed by atoms with van der Waals surface area (Å²) >= 11 is 1.96. The Hall–Kier alpha value is -0.690. The highest BCUT2D eigenvalue weighted by Crippen LogP contribution is 2.13. The van der Waals surface area contributed by atoms with Crippen molar-refractivity contribution in [2.75, 3.05) is 19.6 Å². The van der Waals surface area contributed by atoms with E-state index in [1.54, 1.807) is 0 Å². The van der Waals surface area contributed by atoms with Crippen LogP contribution in [0.3, 0.4) is 0 Å². The van der Waals surface area contributed by atoms with Crippen LogP contribution in [-0.2, 0) is 0 Å². The molecule has 94 valence electrons. The van der Waals surface area contributed by atoms with Gasteiger partial charge in [-0.2, -0.15) is 0 Å². The number of hydrogen-bond acceptors (Lipinski definition) is 2. The molecule has 1 aromatic rings. The summed E-state index contributed by atoms with van der Waals surface area (Å²) < 4.78 is 13.5. The fraction of sp³-hybridized carbons (Fsp3) is 0.417. The molecule has 17 heavy (non-hydrogen) atoms. The van der Waals surface area contributed by atoms with Crippen molar-refractivity contribution in [1.29, 1.82) is 0 Å². The van der Waals surface area contributed by atoms with Crippen molar-refractivity contribution in [3.8, 4) is 0 Å². The quantitative estimate of drug-likeness (QED) is 0.610. The largest absolute Gasteiger partial charge is 0.352 e. The minimum atomic E-state index is -0.321. The first-order chi connectivity index (χ1) is 8.15. The molecule has 0 fully saturated rings. The zero-order valence-corrected chi connectivity index (χ0v) is 11.9. The Balaban J connectivity index is 2.42. The van der Waals surface area contributed by atoms with Gasteiger partial charge in [0, 0.05) is 10.1 Å². The molecule has 1 aromatic carbocycles. The standard InChI is InChI=1S/C12H16FIN2O/c1-2-15-6-3-7-16-12(17)10-5-4-9(13)8-11(10)14/h4-5,8,15H,2-3,6-7H2,1H3,(H,16,17). The molecule has 0 aliphatic rings. The van der Waals surface area contributed by atoms with E-state index >= 15 is 0 Å². The van der Waals surface area contributed by atoms with Crippen LogP contribution in [0.1, 0.15) is 23.7 Å². The molecule has 3 nitrogen and oxygen atoms in total. The first-order valence-electron chi connectivity index (χ1n) is 5.59. The maximum atomic E-state index is 12.9. The van der Waals surface area contributed by atoms with E-state index in [2.05, 4.69) is 10.6 Å². The zero-order valence-electron chi connectivity index (χ0n) is 9.72. The van der Waals surface area contributed by atoms with Gasteiger partial charge >= 0.3 is 0 Å². The van der Waals surface area contributed by atoms with E-state index in [1.807, 2.05) is 29.5 Å². The Labute approximate surface area is 114 Å². The fourth-order valence-electron chi connectivity index (χ4n) is 1.36. The van der Waals surface area contributed by atoms with Crippen molar-refractivity contribution in [1.82, 2.24) is 10.6 Å². The summed E-state index contributed by atoms with van der Waals surface area (Å²) in [6.07, 6.45) is 0.886. The minimum Gasteiger partial charge on any atom is -0.352 e. The van der Waals surface area contributed by atoms with Gasteiger partial charge < -0.3 is 10.6 Å². The predicted molar refractivity (Wildman–Crippen MR) is 74.6 cm³/mol. The van der Waals surface area contributed by atoms with E-state index < -0.39 is 0 Å². The summed E-state index contributed by atoms with van der Waals surface area (Å²) in [5.74, 6) is -0.469. The molecule has 5 heteroatoms. The smallest absolute Gasteiger partial charge is 0.252 e. The van der Waals surface area contributed by atoms with Crippen molar-refractivity contribution in [3.05, 3.63) is 33.1 Å². The number of amides is 1. The lowest BCUT2D eigenvalue weighted by Gasteiger charge is -2.07. The van der Waals surface area contributed by atoms with Crippen LogP contribution in [0.15, 0.2) is 18.2 Å². The summed E-state index contributed by atoms with van der Waals surface area (Å²) in [6, 6.07) is 4.17. The first kappa shape index (κ1) is 14.4. The van der Waals surface area contributed by atoms with E-state index in [1.165, 1.54) is 18.2 Å². The van der Waals surface area contributed by atoms with Crippen LogP contribution in [-0.4, -0.2) is 25.5 Å². The molecule has 0 unspecified atom stereocenters. The minimum absolute atomic E-state index is 0.147. The lowest BCUT2D eigenvalue weighted by Crippen LogP contribution is -2.27. The number of hydrogen-bond donors (Lipinski definition) is 2. The number of benzene rings is 1. The molecule has 0 saturated carbocycles. The van der Waals surface area contributed by atoms with Crippen LogP contribution in [0.25, 0.3) is 0 Å². The summed E-state index contributed by atoms with van der Waals surface area (Å²) in [7, 11) is 0. The van der Waals surface area contributed by atoms with Crippen molar-refractivity contribution in [2.45, 2.75) is 13.3 Å². The van der Waals surface area contributed by atoms with E-state index in [4.69, 9.17) is 0 Å². The number of rotatable bonds is 6. The van der Waals surface area contributed by atoms with Crippen LogP contribution in [0.5, 0.6) is 0 Å². The average Bonchev–Trinajstić information content (AvgIpc) is 2.28.